The fourth-order valence-electron chi connectivity index (χ4n) is 1.08. The van der Waals surface area contributed by atoms with E-state index in [1.807, 2.05) is 0 Å². The standard InChI is InChI=1S/C6H10ClN3O4S2/c1-4(15(3,11)12)5-8-9-6(10(5)2)16(7,13)14/h4H,1-3H3. The van der Waals surface area contributed by atoms with Crippen LogP contribution in [0.1, 0.15) is 18.0 Å². The second-order valence-corrected chi connectivity index (χ2v) is 8.14. The number of sulfone groups is 1. The molecule has 0 aliphatic rings. The largest absolute Gasteiger partial charge is 0.303 e. The topological polar surface area (TPSA) is 99.0 Å². The van der Waals surface area contributed by atoms with E-state index in [-0.39, 0.29) is 5.82 Å². The van der Waals surface area contributed by atoms with E-state index in [1.54, 1.807) is 0 Å². The maximum Gasteiger partial charge on any atom is 0.296 e. The Morgan fingerprint density at radius 1 is 1.25 bits per heavy atom. The highest BCUT2D eigenvalue weighted by molar-refractivity contribution is 8.13. The molecule has 0 saturated heterocycles. The molecule has 1 atom stereocenters. The Morgan fingerprint density at radius 3 is 2.06 bits per heavy atom. The van der Waals surface area contributed by atoms with E-state index in [2.05, 4.69) is 10.2 Å². The number of hydrogen-bond donors (Lipinski definition) is 0. The van der Waals surface area contributed by atoms with E-state index in [0.717, 1.165) is 10.8 Å². The molecule has 0 radical (unpaired) electrons. The van der Waals surface area contributed by atoms with Gasteiger partial charge in [-0.05, 0) is 6.92 Å². The number of aromatic nitrogens is 3. The molecule has 1 aromatic rings. The highest BCUT2D eigenvalue weighted by atomic mass is 35.7. The lowest BCUT2D eigenvalue weighted by atomic mass is 10.4. The summed E-state index contributed by atoms with van der Waals surface area (Å²) < 4.78 is 45.7. The number of halogens is 1. The molecular formula is C6H10ClN3O4S2. The zero-order chi connectivity index (χ0) is 12.7. The van der Waals surface area contributed by atoms with Gasteiger partial charge in [0, 0.05) is 24.0 Å². The van der Waals surface area contributed by atoms with Gasteiger partial charge in [0.1, 0.15) is 5.25 Å². The van der Waals surface area contributed by atoms with E-state index < -0.39 is 29.3 Å². The van der Waals surface area contributed by atoms with E-state index in [9.17, 15) is 16.8 Å². The van der Waals surface area contributed by atoms with E-state index in [0.29, 0.717) is 0 Å². The van der Waals surface area contributed by atoms with Gasteiger partial charge in [0.25, 0.3) is 14.2 Å². The zero-order valence-electron chi connectivity index (χ0n) is 8.75. The lowest BCUT2D eigenvalue weighted by Gasteiger charge is -2.08. The van der Waals surface area contributed by atoms with Crippen LogP contribution in [0.15, 0.2) is 5.16 Å². The Balaban J connectivity index is 3.37. The predicted molar refractivity (Wildman–Crippen MR) is 57.3 cm³/mol. The molecule has 0 saturated carbocycles. The molecule has 0 N–H and O–H groups in total. The minimum absolute atomic E-state index is 0.0294. The lowest BCUT2D eigenvalue weighted by molar-refractivity contribution is 0.578. The Labute approximate surface area is 97.8 Å². The van der Waals surface area contributed by atoms with Crippen molar-refractivity contribution in [3.63, 3.8) is 0 Å². The molecule has 0 aromatic carbocycles. The summed E-state index contributed by atoms with van der Waals surface area (Å²) >= 11 is 0. The second-order valence-electron chi connectivity index (χ2n) is 3.31. The third kappa shape index (κ3) is 2.53. The Bertz CT molecular complexity index is 604. The number of rotatable bonds is 3. The highest BCUT2D eigenvalue weighted by Crippen LogP contribution is 2.21. The van der Waals surface area contributed by atoms with Crippen molar-refractivity contribution in [2.75, 3.05) is 6.26 Å². The van der Waals surface area contributed by atoms with Crippen LogP contribution < -0.4 is 0 Å². The van der Waals surface area contributed by atoms with Crippen molar-refractivity contribution in [3.05, 3.63) is 5.82 Å². The summed E-state index contributed by atoms with van der Waals surface area (Å²) in [4.78, 5) is 0. The summed E-state index contributed by atoms with van der Waals surface area (Å²) in [5.74, 6) is 0.0294. The van der Waals surface area contributed by atoms with Crippen molar-refractivity contribution in [1.29, 1.82) is 0 Å². The molecule has 92 valence electrons. The molecule has 0 fully saturated rings. The Kier molecular flexibility index (Phi) is 3.32. The Morgan fingerprint density at radius 2 is 1.75 bits per heavy atom. The summed E-state index contributed by atoms with van der Waals surface area (Å²) in [6, 6.07) is 0. The molecule has 10 heteroatoms. The molecule has 1 heterocycles. The third-order valence-electron chi connectivity index (χ3n) is 2.09. The van der Waals surface area contributed by atoms with E-state index in [4.69, 9.17) is 10.7 Å². The summed E-state index contributed by atoms with van der Waals surface area (Å²) in [5, 5.41) is 5.45. The van der Waals surface area contributed by atoms with E-state index >= 15 is 0 Å². The summed E-state index contributed by atoms with van der Waals surface area (Å²) in [6.07, 6.45) is 1.03. The molecule has 0 spiro atoms. The predicted octanol–water partition coefficient (Wildman–Crippen LogP) is -0.152. The van der Waals surface area contributed by atoms with Gasteiger partial charge >= 0.3 is 0 Å². The molecule has 7 nitrogen and oxygen atoms in total. The molecule has 0 bridgehead atoms. The molecule has 0 aliphatic carbocycles. The molecular weight excluding hydrogens is 278 g/mol. The van der Waals surface area contributed by atoms with Gasteiger partial charge < -0.3 is 4.57 Å². The number of hydrogen-bond acceptors (Lipinski definition) is 6. The van der Waals surface area contributed by atoms with Crippen LogP contribution in [0.3, 0.4) is 0 Å². The van der Waals surface area contributed by atoms with Crippen molar-refractivity contribution in [3.8, 4) is 0 Å². The normalized spacial score (nSPS) is 15.0. The van der Waals surface area contributed by atoms with Gasteiger partial charge in [-0.15, -0.1) is 10.2 Å². The lowest BCUT2D eigenvalue weighted by Crippen LogP contribution is -2.14. The van der Waals surface area contributed by atoms with Crippen LogP contribution in [-0.2, 0) is 25.9 Å². The van der Waals surface area contributed by atoms with Crippen LogP contribution in [0, 0.1) is 0 Å². The van der Waals surface area contributed by atoms with Crippen LogP contribution in [0.4, 0.5) is 0 Å². The number of nitrogens with zero attached hydrogens (tertiary/aromatic N) is 3. The van der Waals surface area contributed by atoms with Crippen molar-refractivity contribution in [2.24, 2.45) is 7.05 Å². The van der Waals surface area contributed by atoms with Gasteiger partial charge in [0.15, 0.2) is 15.7 Å². The van der Waals surface area contributed by atoms with Crippen LogP contribution in [-0.4, -0.2) is 37.9 Å². The first-order chi connectivity index (χ1) is 7.05. The van der Waals surface area contributed by atoms with E-state index in [1.165, 1.54) is 14.0 Å². The van der Waals surface area contributed by atoms with Gasteiger partial charge in [-0.2, -0.15) is 0 Å². The van der Waals surface area contributed by atoms with Gasteiger partial charge in [0.05, 0.1) is 0 Å². The van der Waals surface area contributed by atoms with Crippen molar-refractivity contribution < 1.29 is 16.8 Å². The maximum atomic E-state index is 11.3. The van der Waals surface area contributed by atoms with Gasteiger partial charge in [0.2, 0.25) is 0 Å². The van der Waals surface area contributed by atoms with Crippen LogP contribution in [0.25, 0.3) is 0 Å². The minimum atomic E-state index is -4.02. The summed E-state index contributed by atoms with van der Waals surface area (Å²) in [7, 11) is -0.962. The maximum absolute atomic E-state index is 11.3. The molecule has 1 unspecified atom stereocenters. The molecule has 16 heavy (non-hydrogen) atoms. The summed E-state index contributed by atoms with van der Waals surface area (Å²) in [6.45, 7) is 1.39. The van der Waals surface area contributed by atoms with Crippen molar-refractivity contribution in [2.45, 2.75) is 17.3 Å². The fraction of sp³-hybridized carbons (Fsp3) is 0.667. The highest BCUT2D eigenvalue weighted by Gasteiger charge is 2.27. The molecule has 0 amide bonds. The summed E-state index contributed by atoms with van der Waals surface area (Å²) in [5.41, 5.74) is 0. The third-order valence-corrected chi connectivity index (χ3v) is 4.79. The second kappa shape index (κ2) is 3.97. The average molecular weight is 288 g/mol. The minimum Gasteiger partial charge on any atom is -0.303 e. The van der Waals surface area contributed by atoms with Crippen LogP contribution in [0.5, 0.6) is 0 Å². The quantitative estimate of drug-likeness (QED) is 0.717. The average Bonchev–Trinajstić information content (AvgIpc) is 2.42. The SMILES string of the molecule is CC(c1nnc(S(=O)(=O)Cl)n1C)S(C)(=O)=O. The Hall–Kier alpha value is -0.670. The van der Waals surface area contributed by atoms with Gasteiger partial charge in [-0.1, -0.05) is 0 Å². The fourth-order valence-corrected chi connectivity index (χ4v) is 2.63. The first kappa shape index (κ1) is 13.4. The monoisotopic (exact) mass is 287 g/mol. The smallest absolute Gasteiger partial charge is 0.296 e. The van der Waals surface area contributed by atoms with Gasteiger partial charge in [-0.25, -0.2) is 16.8 Å². The van der Waals surface area contributed by atoms with Crippen LogP contribution >= 0.6 is 10.7 Å². The van der Waals surface area contributed by atoms with Crippen molar-refractivity contribution >= 4 is 29.6 Å². The first-order valence-corrected chi connectivity index (χ1v) is 8.34. The van der Waals surface area contributed by atoms with Gasteiger partial charge in [-0.3, -0.25) is 0 Å². The van der Waals surface area contributed by atoms with Crippen molar-refractivity contribution in [1.82, 2.24) is 14.8 Å². The van der Waals surface area contributed by atoms with Crippen LogP contribution in [0.2, 0.25) is 0 Å². The molecule has 0 aliphatic heterocycles. The zero-order valence-corrected chi connectivity index (χ0v) is 11.1. The first-order valence-electron chi connectivity index (χ1n) is 4.08. The molecule has 1 rings (SSSR count). The molecule has 1 aromatic heterocycles.